The summed E-state index contributed by atoms with van der Waals surface area (Å²) in [7, 11) is 0. The number of rotatable bonds is 3. The summed E-state index contributed by atoms with van der Waals surface area (Å²) in [6.07, 6.45) is 1.55. The Morgan fingerprint density at radius 2 is 1.75 bits per heavy atom. The minimum Gasteiger partial charge on any atom is -0.370 e. The van der Waals surface area contributed by atoms with Crippen LogP contribution in [0.1, 0.15) is 6.92 Å². The van der Waals surface area contributed by atoms with Crippen LogP contribution >= 0.6 is 0 Å². The lowest BCUT2D eigenvalue weighted by molar-refractivity contribution is 0.628. The van der Waals surface area contributed by atoms with Crippen molar-refractivity contribution in [3.63, 3.8) is 0 Å². The summed E-state index contributed by atoms with van der Waals surface area (Å²) in [4.78, 5) is 8.53. The molecule has 0 bridgehead atoms. The molecule has 20 heavy (non-hydrogen) atoms. The Morgan fingerprint density at radius 3 is 2.50 bits per heavy atom. The van der Waals surface area contributed by atoms with E-state index >= 15 is 0 Å². The fourth-order valence-corrected chi connectivity index (χ4v) is 2.19. The minimum absolute atomic E-state index is 0.230. The lowest BCUT2D eigenvalue weighted by Crippen LogP contribution is -2.00. The van der Waals surface area contributed by atoms with Crippen LogP contribution in [0.15, 0.2) is 48.8 Å². The first kappa shape index (κ1) is 12.5. The van der Waals surface area contributed by atoms with Crippen molar-refractivity contribution >= 4 is 16.7 Å². The van der Waals surface area contributed by atoms with Crippen molar-refractivity contribution in [1.82, 2.24) is 9.97 Å². The Morgan fingerprint density at radius 1 is 1.00 bits per heavy atom. The van der Waals surface area contributed by atoms with Crippen LogP contribution in [-0.4, -0.2) is 16.5 Å². The summed E-state index contributed by atoms with van der Waals surface area (Å²) in [5.74, 6) is 0.590. The first-order valence-corrected chi connectivity index (χ1v) is 6.52. The Hall–Kier alpha value is -2.49. The van der Waals surface area contributed by atoms with E-state index in [4.69, 9.17) is 0 Å². The highest BCUT2D eigenvalue weighted by Gasteiger charge is 2.05. The van der Waals surface area contributed by atoms with E-state index in [2.05, 4.69) is 15.3 Å². The molecule has 0 aliphatic heterocycles. The van der Waals surface area contributed by atoms with E-state index in [1.807, 2.05) is 25.1 Å². The van der Waals surface area contributed by atoms with Crippen molar-refractivity contribution in [2.45, 2.75) is 6.92 Å². The second kappa shape index (κ2) is 5.25. The van der Waals surface area contributed by atoms with E-state index < -0.39 is 0 Å². The molecule has 3 nitrogen and oxygen atoms in total. The molecule has 0 saturated carbocycles. The number of anilines is 1. The number of aromatic nitrogens is 2. The highest BCUT2D eigenvalue weighted by Crippen LogP contribution is 2.26. The fraction of sp³-hybridized carbons (Fsp3) is 0.125. The maximum atomic E-state index is 13.0. The number of halogens is 1. The molecule has 0 unspecified atom stereocenters. The van der Waals surface area contributed by atoms with E-state index in [0.717, 1.165) is 34.4 Å². The molecule has 0 radical (unpaired) electrons. The third kappa shape index (κ3) is 2.32. The van der Waals surface area contributed by atoms with Gasteiger partial charge in [0.25, 0.3) is 0 Å². The molecular formula is C16H14FN3. The van der Waals surface area contributed by atoms with Crippen molar-refractivity contribution in [3.8, 4) is 11.1 Å². The third-order valence-corrected chi connectivity index (χ3v) is 3.16. The van der Waals surface area contributed by atoms with Crippen molar-refractivity contribution in [3.05, 3.63) is 54.6 Å². The molecule has 0 aliphatic rings. The van der Waals surface area contributed by atoms with E-state index in [1.54, 1.807) is 18.5 Å². The Kier molecular flexibility index (Phi) is 3.29. The fourth-order valence-electron chi connectivity index (χ4n) is 2.19. The molecular weight excluding hydrogens is 253 g/mol. The number of hydrogen-bond acceptors (Lipinski definition) is 3. The standard InChI is InChI=1S/C16H14FN3/c1-2-18-16-14-9-12(5-8-15(14)19-10-20-16)11-3-6-13(17)7-4-11/h3-10H,2H2,1H3,(H,18,19,20). The predicted molar refractivity (Wildman–Crippen MR) is 79.1 cm³/mol. The molecule has 0 atom stereocenters. The highest BCUT2D eigenvalue weighted by molar-refractivity contribution is 5.92. The van der Waals surface area contributed by atoms with Crippen LogP contribution in [-0.2, 0) is 0 Å². The van der Waals surface area contributed by atoms with Gasteiger partial charge in [-0.05, 0) is 42.3 Å². The van der Waals surface area contributed by atoms with Gasteiger partial charge in [0.2, 0.25) is 0 Å². The van der Waals surface area contributed by atoms with E-state index in [9.17, 15) is 4.39 Å². The van der Waals surface area contributed by atoms with Crippen molar-refractivity contribution in [2.24, 2.45) is 0 Å². The van der Waals surface area contributed by atoms with E-state index in [-0.39, 0.29) is 5.82 Å². The van der Waals surface area contributed by atoms with Crippen molar-refractivity contribution in [2.75, 3.05) is 11.9 Å². The summed E-state index contributed by atoms with van der Waals surface area (Å²) in [5.41, 5.74) is 2.88. The lowest BCUT2D eigenvalue weighted by Gasteiger charge is -2.08. The van der Waals surface area contributed by atoms with Gasteiger partial charge in [0.05, 0.1) is 5.52 Å². The summed E-state index contributed by atoms with van der Waals surface area (Å²) in [5, 5.41) is 4.20. The first-order valence-electron chi connectivity index (χ1n) is 6.52. The zero-order valence-electron chi connectivity index (χ0n) is 11.1. The van der Waals surface area contributed by atoms with Gasteiger partial charge in [-0.15, -0.1) is 0 Å². The SMILES string of the molecule is CCNc1ncnc2ccc(-c3ccc(F)cc3)cc12. The van der Waals surface area contributed by atoms with Crippen LogP contribution in [0.2, 0.25) is 0 Å². The molecule has 0 spiro atoms. The predicted octanol–water partition coefficient (Wildman–Crippen LogP) is 3.87. The molecule has 0 fully saturated rings. The van der Waals surface area contributed by atoms with Gasteiger partial charge in [-0.25, -0.2) is 14.4 Å². The largest absolute Gasteiger partial charge is 0.370 e. The summed E-state index contributed by atoms with van der Waals surface area (Å²) < 4.78 is 13.0. The lowest BCUT2D eigenvalue weighted by atomic mass is 10.0. The average molecular weight is 267 g/mol. The normalized spacial score (nSPS) is 10.7. The van der Waals surface area contributed by atoms with Crippen molar-refractivity contribution in [1.29, 1.82) is 0 Å². The Bertz CT molecular complexity index is 738. The smallest absolute Gasteiger partial charge is 0.137 e. The number of hydrogen-bond donors (Lipinski definition) is 1. The number of nitrogens with zero attached hydrogens (tertiary/aromatic N) is 2. The summed E-state index contributed by atoms with van der Waals surface area (Å²) >= 11 is 0. The van der Waals surface area contributed by atoms with Crippen LogP contribution in [0.25, 0.3) is 22.0 Å². The van der Waals surface area contributed by atoms with Crippen LogP contribution < -0.4 is 5.32 Å². The third-order valence-electron chi connectivity index (χ3n) is 3.16. The number of fused-ring (bicyclic) bond motifs is 1. The summed E-state index contributed by atoms with van der Waals surface area (Å²) in [6, 6.07) is 12.4. The van der Waals surface area contributed by atoms with Gasteiger partial charge in [0.15, 0.2) is 0 Å². The monoisotopic (exact) mass is 267 g/mol. The molecule has 1 aromatic heterocycles. The molecule has 0 saturated heterocycles. The van der Waals surface area contributed by atoms with Crippen LogP contribution in [0.5, 0.6) is 0 Å². The minimum atomic E-state index is -0.230. The Balaban J connectivity index is 2.13. The van der Waals surface area contributed by atoms with Gasteiger partial charge in [0.1, 0.15) is 18.0 Å². The van der Waals surface area contributed by atoms with E-state index in [0.29, 0.717) is 0 Å². The maximum absolute atomic E-state index is 13.0. The second-order valence-corrected chi connectivity index (χ2v) is 4.49. The van der Waals surface area contributed by atoms with E-state index in [1.165, 1.54) is 12.1 Å². The molecule has 0 aliphatic carbocycles. The van der Waals surface area contributed by atoms with Crippen LogP contribution in [0.3, 0.4) is 0 Å². The molecule has 3 rings (SSSR count). The zero-order chi connectivity index (χ0) is 13.9. The number of benzene rings is 2. The molecule has 2 aromatic carbocycles. The molecule has 0 amide bonds. The van der Waals surface area contributed by atoms with Gasteiger partial charge in [0, 0.05) is 11.9 Å². The molecule has 1 N–H and O–H groups in total. The van der Waals surface area contributed by atoms with Gasteiger partial charge in [-0.2, -0.15) is 0 Å². The van der Waals surface area contributed by atoms with Gasteiger partial charge in [-0.1, -0.05) is 18.2 Å². The van der Waals surface area contributed by atoms with Gasteiger partial charge < -0.3 is 5.32 Å². The van der Waals surface area contributed by atoms with Crippen molar-refractivity contribution < 1.29 is 4.39 Å². The maximum Gasteiger partial charge on any atom is 0.137 e. The molecule has 100 valence electrons. The topological polar surface area (TPSA) is 37.8 Å². The number of nitrogens with one attached hydrogen (secondary N) is 1. The summed E-state index contributed by atoms with van der Waals surface area (Å²) in [6.45, 7) is 2.82. The van der Waals surface area contributed by atoms with Gasteiger partial charge in [-0.3, -0.25) is 0 Å². The molecule has 3 aromatic rings. The van der Waals surface area contributed by atoms with Crippen LogP contribution in [0.4, 0.5) is 10.2 Å². The second-order valence-electron chi connectivity index (χ2n) is 4.49. The first-order chi connectivity index (χ1) is 9.78. The average Bonchev–Trinajstić information content (AvgIpc) is 2.48. The zero-order valence-corrected chi connectivity index (χ0v) is 11.1. The molecule has 1 heterocycles. The van der Waals surface area contributed by atoms with Crippen LogP contribution in [0, 0.1) is 5.82 Å². The molecule has 4 heteroatoms. The van der Waals surface area contributed by atoms with Gasteiger partial charge >= 0.3 is 0 Å². The quantitative estimate of drug-likeness (QED) is 0.782. The highest BCUT2D eigenvalue weighted by atomic mass is 19.1. The Labute approximate surface area is 116 Å².